The lowest BCUT2D eigenvalue weighted by Gasteiger charge is -2.20. The predicted octanol–water partition coefficient (Wildman–Crippen LogP) is 2.96. The standard InChI is InChI=1S/C18H21N3O2S/c1-12(2)16(18(23)21-19-11-15-8-5-9-24-15)20-17(22)14-7-4-6-13(3)10-14/h4-12,16H,1-3H3,(H,20,22)(H,21,23). The lowest BCUT2D eigenvalue weighted by atomic mass is 10.0. The number of nitrogens with zero attached hydrogens (tertiary/aromatic N) is 1. The number of carbonyl (C=O) groups excluding carboxylic acids is 2. The first-order chi connectivity index (χ1) is 11.5. The van der Waals surface area contributed by atoms with E-state index in [9.17, 15) is 9.59 Å². The van der Waals surface area contributed by atoms with Gasteiger partial charge in [-0.2, -0.15) is 5.10 Å². The van der Waals surface area contributed by atoms with Crippen molar-refractivity contribution in [2.45, 2.75) is 26.8 Å². The van der Waals surface area contributed by atoms with E-state index >= 15 is 0 Å². The van der Waals surface area contributed by atoms with E-state index < -0.39 is 6.04 Å². The molecule has 0 bridgehead atoms. The number of hydrazone groups is 1. The summed E-state index contributed by atoms with van der Waals surface area (Å²) >= 11 is 1.53. The molecule has 0 fully saturated rings. The molecule has 0 aliphatic rings. The minimum absolute atomic E-state index is 0.0595. The highest BCUT2D eigenvalue weighted by Crippen LogP contribution is 2.08. The average molecular weight is 343 g/mol. The second-order valence-corrected chi connectivity index (χ2v) is 6.79. The Balaban J connectivity index is 2.00. The van der Waals surface area contributed by atoms with Gasteiger partial charge in [0.15, 0.2) is 0 Å². The number of hydrogen-bond acceptors (Lipinski definition) is 4. The van der Waals surface area contributed by atoms with Crippen LogP contribution in [0.25, 0.3) is 0 Å². The fourth-order valence-electron chi connectivity index (χ4n) is 2.14. The van der Waals surface area contributed by atoms with E-state index in [1.807, 2.05) is 50.4 Å². The van der Waals surface area contributed by atoms with Crippen LogP contribution in [0, 0.1) is 12.8 Å². The SMILES string of the molecule is Cc1cccc(C(=O)NC(C(=O)NN=Cc2cccs2)C(C)C)c1. The highest BCUT2D eigenvalue weighted by atomic mass is 32.1. The fraction of sp³-hybridized carbons (Fsp3) is 0.278. The van der Waals surface area contributed by atoms with E-state index in [0.717, 1.165) is 10.4 Å². The second kappa shape index (κ2) is 8.40. The third-order valence-electron chi connectivity index (χ3n) is 3.43. The summed E-state index contributed by atoms with van der Waals surface area (Å²) in [5.74, 6) is -0.663. The van der Waals surface area contributed by atoms with Gasteiger partial charge in [-0.1, -0.05) is 37.6 Å². The first-order valence-corrected chi connectivity index (χ1v) is 8.59. The zero-order valence-corrected chi connectivity index (χ0v) is 14.8. The molecule has 0 spiro atoms. The number of nitrogens with one attached hydrogen (secondary N) is 2. The van der Waals surface area contributed by atoms with Gasteiger partial charge in [-0.3, -0.25) is 9.59 Å². The molecule has 2 aromatic rings. The van der Waals surface area contributed by atoms with Crippen molar-refractivity contribution in [2.24, 2.45) is 11.0 Å². The highest BCUT2D eigenvalue weighted by Gasteiger charge is 2.24. The van der Waals surface area contributed by atoms with Gasteiger partial charge in [-0.15, -0.1) is 11.3 Å². The number of hydrogen-bond donors (Lipinski definition) is 2. The maximum atomic E-state index is 12.3. The summed E-state index contributed by atoms with van der Waals surface area (Å²) in [6.07, 6.45) is 1.59. The normalized spacial score (nSPS) is 12.3. The van der Waals surface area contributed by atoms with Gasteiger partial charge in [0.2, 0.25) is 0 Å². The smallest absolute Gasteiger partial charge is 0.262 e. The van der Waals surface area contributed by atoms with Crippen LogP contribution in [0.4, 0.5) is 0 Å². The number of amides is 2. The maximum absolute atomic E-state index is 12.3. The molecule has 0 aliphatic heterocycles. The number of rotatable bonds is 6. The van der Waals surface area contributed by atoms with E-state index in [-0.39, 0.29) is 17.7 Å². The molecule has 5 nitrogen and oxygen atoms in total. The summed E-state index contributed by atoms with van der Waals surface area (Å²) in [7, 11) is 0. The number of aryl methyl sites for hydroxylation is 1. The highest BCUT2D eigenvalue weighted by molar-refractivity contribution is 7.11. The van der Waals surface area contributed by atoms with Gasteiger partial charge in [0.05, 0.1) is 6.21 Å². The van der Waals surface area contributed by atoms with Crippen molar-refractivity contribution in [3.8, 4) is 0 Å². The zero-order chi connectivity index (χ0) is 17.5. The molecule has 1 heterocycles. The van der Waals surface area contributed by atoms with Gasteiger partial charge in [0.1, 0.15) is 6.04 Å². The predicted molar refractivity (Wildman–Crippen MR) is 97.3 cm³/mol. The van der Waals surface area contributed by atoms with Gasteiger partial charge in [0.25, 0.3) is 11.8 Å². The Morgan fingerprint density at radius 2 is 2.00 bits per heavy atom. The summed E-state index contributed by atoms with van der Waals surface area (Å²) in [5, 5.41) is 8.66. The molecule has 0 aliphatic carbocycles. The zero-order valence-electron chi connectivity index (χ0n) is 13.9. The van der Waals surface area contributed by atoms with E-state index in [0.29, 0.717) is 5.56 Å². The van der Waals surface area contributed by atoms with Crippen molar-refractivity contribution in [3.63, 3.8) is 0 Å². The quantitative estimate of drug-likeness (QED) is 0.625. The summed E-state index contributed by atoms with van der Waals surface area (Å²) in [4.78, 5) is 25.6. The van der Waals surface area contributed by atoms with Crippen molar-refractivity contribution in [1.29, 1.82) is 0 Å². The molecule has 6 heteroatoms. The third-order valence-corrected chi connectivity index (χ3v) is 4.23. The molecule has 0 saturated carbocycles. The van der Waals surface area contributed by atoms with Crippen molar-refractivity contribution in [2.75, 3.05) is 0 Å². The van der Waals surface area contributed by atoms with Crippen molar-refractivity contribution in [3.05, 3.63) is 57.8 Å². The molecule has 0 saturated heterocycles. The van der Waals surface area contributed by atoms with E-state index in [2.05, 4.69) is 15.8 Å². The molecule has 24 heavy (non-hydrogen) atoms. The monoisotopic (exact) mass is 343 g/mol. The molecule has 126 valence electrons. The van der Waals surface area contributed by atoms with E-state index in [4.69, 9.17) is 0 Å². The van der Waals surface area contributed by atoms with Crippen molar-refractivity contribution in [1.82, 2.24) is 10.7 Å². The summed E-state index contributed by atoms with van der Waals surface area (Å²) < 4.78 is 0. The van der Waals surface area contributed by atoms with Crippen LogP contribution in [-0.2, 0) is 4.79 Å². The molecule has 1 atom stereocenters. The van der Waals surface area contributed by atoms with Crippen LogP contribution in [0.2, 0.25) is 0 Å². The molecule has 2 N–H and O–H groups in total. The Bertz CT molecular complexity index is 724. The van der Waals surface area contributed by atoms with Crippen LogP contribution >= 0.6 is 11.3 Å². The average Bonchev–Trinajstić information content (AvgIpc) is 3.05. The topological polar surface area (TPSA) is 70.6 Å². The Morgan fingerprint density at radius 3 is 2.62 bits per heavy atom. The minimum Gasteiger partial charge on any atom is -0.340 e. The van der Waals surface area contributed by atoms with Crippen LogP contribution in [-0.4, -0.2) is 24.1 Å². The summed E-state index contributed by atoms with van der Waals surface area (Å²) in [5.41, 5.74) is 4.02. The van der Waals surface area contributed by atoms with Gasteiger partial charge < -0.3 is 5.32 Å². The van der Waals surface area contributed by atoms with Gasteiger partial charge in [0, 0.05) is 10.4 Å². The van der Waals surface area contributed by atoms with Gasteiger partial charge in [-0.25, -0.2) is 5.43 Å². The lowest BCUT2D eigenvalue weighted by molar-refractivity contribution is -0.123. The van der Waals surface area contributed by atoms with Crippen LogP contribution in [0.5, 0.6) is 0 Å². The Labute approximate surface area is 145 Å². The number of benzene rings is 1. The minimum atomic E-state index is -0.654. The largest absolute Gasteiger partial charge is 0.340 e. The van der Waals surface area contributed by atoms with Crippen molar-refractivity contribution >= 4 is 29.4 Å². The first-order valence-electron chi connectivity index (χ1n) is 7.71. The van der Waals surface area contributed by atoms with Crippen LogP contribution in [0.1, 0.15) is 34.6 Å². The summed E-state index contributed by atoms with van der Waals surface area (Å²) in [6.45, 7) is 5.68. The molecule has 2 rings (SSSR count). The molecule has 0 radical (unpaired) electrons. The Morgan fingerprint density at radius 1 is 1.21 bits per heavy atom. The van der Waals surface area contributed by atoms with Crippen LogP contribution < -0.4 is 10.7 Å². The second-order valence-electron chi connectivity index (χ2n) is 5.81. The van der Waals surface area contributed by atoms with Crippen molar-refractivity contribution < 1.29 is 9.59 Å². The summed E-state index contributed by atoms with van der Waals surface area (Å²) in [6, 6.07) is 10.4. The third kappa shape index (κ3) is 5.03. The number of thiophene rings is 1. The lowest BCUT2D eigenvalue weighted by Crippen LogP contribution is -2.48. The molecule has 1 aromatic carbocycles. The Kier molecular flexibility index (Phi) is 6.26. The molecule has 1 aromatic heterocycles. The fourth-order valence-corrected chi connectivity index (χ4v) is 2.72. The van der Waals surface area contributed by atoms with Gasteiger partial charge in [-0.05, 0) is 36.4 Å². The van der Waals surface area contributed by atoms with Gasteiger partial charge >= 0.3 is 0 Å². The number of carbonyl (C=O) groups is 2. The van der Waals surface area contributed by atoms with E-state index in [1.165, 1.54) is 11.3 Å². The van der Waals surface area contributed by atoms with Crippen LogP contribution in [0.3, 0.4) is 0 Å². The Hall–Kier alpha value is -2.47. The molecule has 1 unspecified atom stereocenters. The molecule has 2 amide bonds. The van der Waals surface area contributed by atoms with Crippen LogP contribution in [0.15, 0.2) is 46.9 Å². The molecular weight excluding hydrogens is 322 g/mol. The maximum Gasteiger partial charge on any atom is 0.262 e. The molecular formula is C18H21N3O2S. The first kappa shape index (κ1) is 17.9. The van der Waals surface area contributed by atoms with E-state index in [1.54, 1.807) is 18.3 Å².